The number of rotatable bonds is 4. The van der Waals surface area contributed by atoms with Gasteiger partial charge in [0.2, 0.25) is 15.9 Å². The van der Waals surface area contributed by atoms with Crippen molar-refractivity contribution in [3.8, 4) is 11.5 Å². The number of amides is 1. The average Bonchev–Trinajstić information content (AvgIpc) is 2.52. The van der Waals surface area contributed by atoms with Crippen molar-refractivity contribution in [2.45, 2.75) is 12.3 Å². The molecule has 1 amide bonds. The van der Waals surface area contributed by atoms with Gasteiger partial charge >= 0.3 is 0 Å². The summed E-state index contributed by atoms with van der Waals surface area (Å²) in [5.74, 6) is -0.218. The molecule has 3 N–H and O–H groups in total. The van der Waals surface area contributed by atoms with Gasteiger partial charge in [0.05, 0.1) is 19.1 Å². The minimum atomic E-state index is -3.52. The third-order valence-corrected chi connectivity index (χ3v) is 4.98. The standard InChI is InChI=1S/C17H17ClN2O5S/c1-25-16-6-12-11(10-4-3-9(21)5-13(10)18)7-17(22)19-14(12)8-15(16)20-26(2,23)24/h3-6,8,11,20-21H,7H2,1-2H3,(H,19,22)/t11-/m1/s1. The summed E-state index contributed by atoms with van der Waals surface area (Å²) in [4.78, 5) is 12.2. The first-order valence-electron chi connectivity index (χ1n) is 7.66. The molecule has 138 valence electrons. The number of nitrogens with one attached hydrogen (secondary N) is 2. The quantitative estimate of drug-likeness (QED) is 0.737. The van der Waals surface area contributed by atoms with Crippen LogP contribution >= 0.6 is 11.6 Å². The molecule has 1 aliphatic rings. The summed E-state index contributed by atoms with van der Waals surface area (Å²) in [5.41, 5.74) is 2.13. The van der Waals surface area contributed by atoms with Gasteiger partial charge in [0, 0.05) is 23.0 Å². The zero-order chi connectivity index (χ0) is 19.1. The molecule has 0 saturated heterocycles. The SMILES string of the molecule is COc1cc2c(cc1NS(C)(=O)=O)NC(=O)C[C@@H]2c1ccc(O)cc1Cl. The minimum absolute atomic E-state index is 0.0320. The molecule has 0 bridgehead atoms. The largest absolute Gasteiger partial charge is 0.508 e. The summed E-state index contributed by atoms with van der Waals surface area (Å²) in [6, 6.07) is 7.79. The van der Waals surface area contributed by atoms with Gasteiger partial charge < -0.3 is 15.2 Å². The van der Waals surface area contributed by atoms with E-state index in [9.17, 15) is 18.3 Å². The highest BCUT2D eigenvalue weighted by Gasteiger charge is 2.30. The second-order valence-electron chi connectivity index (χ2n) is 6.02. The molecular weight excluding hydrogens is 380 g/mol. The molecule has 0 radical (unpaired) electrons. The topological polar surface area (TPSA) is 105 Å². The molecule has 1 heterocycles. The molecule has 0 unspecified atom stereocenters. The number of phenols is 1. The van der Waals surface area contributed by atoms with Crippen molar-refractivity contribution < 1.29 is 23.1 Å². The molecule has 7 nitrogen and oxygen atoms in total. The lowest BCUT2D eigenvalue weighted by atomic mass is 9.84. The van der Waals surface area contributed by atoms with Gasteiger partial charge in [0.25, 0.3) is 0 Å². The number of ether oxygens (including phenoxy) is 1. The number of hydrogen-bond acceptors (Lipinski definition) is 5. The number of phenolic OH excluding ortho intramolecular Hbond substituents is 1. The highest BCUT2D eigenvalue weighted by atomic mass is 35.5. The van der Waals surface area contributed by atoms with Gasteiger partial charge in [-0.2, -0.15) is 0 Å². The predicted octanol–water partition coefficient (Wildman–Crippen LogP) is 2.90. The summed E-state index contributed by atoms with van der Waals surface area (Å²) in [5, 5.41) is 12.6. The van der Waals surface area contributed by atoms with Crippen LogP contribution in [-0.2, 0) is 14.8 Å². The third kappa shape index (κ3) is 3.71. The van der Waals surface area contributed by atoms with E-state index in [0.717, 1.165) is 11.8 Å². The third-order valence-electron chi connectivity index (χ3n) is 4.07. The average molecular weight is 397 g/mol. The number of carbonyl (C=O) groups excluding carboxylic acids is 1. The molecule has 0 spiro atoms. The Balaban J connectivity index is 2.15. The summed E-state index contributed by atoms with van der Waals surface area (Å²) in [7, 11) is -2.09. The van der Waals surface area contributed by atoms with E-state index in [-0.39, 0.29) is 29.7 Å². The number of halogens is 1. The lowest BCUT2D eigenvalue weighted by Crippen LogP contribution is -2.24. The fourth-order valence-corrected chi connectivity index (χ4v) is 3.88. The number of carbonyl (C=O) groups is 1. The van der Waals surface area contributed by atoms with Crippen LogP contribution in [0.25, 0.3) is 0 Å². The lowest BCUT2D eigenvalue weighted by Gasteiger charge is -2.28. The molecule has 0 saturated carbocycles. The van der Waals surface area contributed by atoms with E-state index in [2.05, 4.69) is 10.0 Å². The van der Waals surface area contributed by atoms with Crippen LogP contribution in [0.1, 0.15) is 23.5 Å². The van der Waals surface area contributed by atoms with Crippen molar-refractivity contribution in [2.24, 2.45) is 0 Å². The molecule has 1 atom stereocenters. The highest BCUT2D eigenvalue weighted by Crippen LogP contribution is 2.44. The van der Waals surface area contributed by atoms with Crippen molar-refractivity contribution in [2.75, 3.05) is 23.4 Å². The van der Waals surface area contributed by atoms with Crippen LogP contribution in [0, 0.1) is 0 Å². The highest BCUT2D eigenvalue weighted by molar-refractivity contribution is 7.92. The lowest BCUT2D eigenvalue weighted by molar-refractivity contribution is -0.116. The van der Waals surface area contributed by atoms with Gasteiger partial charge in [-0.25, -0.2) is 8.42 Å². The van der Waals surface area contributed by atoms with Crippen molar-refractivity contribution >= 4 is 38.9 Å². The summed E-state index contributed by atoms with van der Waals surface area (Å²) < 4.78 is 30.8. The Morgan fingerprint density at radius 1 is 1.27 bits per heavy atom. The van der Waals surface area contributed by atoms with E-state index in [1.807, 2.05) is 0 Å². The predicted molar refractivity (Wildman–Crippen MR) is 99.7 cm³/mol. The van der Waals surface area contributed by atoms with Crippen LogP contribution < -0.4 is 14.8 Å². The van der Waals surface area contributed by atoms with E-state index in [1.54, 1.807) is 12.1 Å². The van der Waals surface area contributed by atoms with Crippen molar-refractivity contribution in [1.29, 1.82) is 0 Å². The Morgan fingerprint density at radius 3 is 2.62 bits per heavy atom. The summed E-state index contributed by atoms with van der Waals surface area (Å²) in [6.45, 7) is 0. The number of benzene rings is 2. The Kier molecular flexibility index (Phi) is 4.72. The summed E-state index contributed by atoms with van der Waals surface area (Å²) >= 11 is 6.25. The number of sulfonamides is 1. The molecule has 2 aromatic carbocycles. The Bertz CT molecular complexity index is 991. The van der Waals surface area contributed by atoms with E-state index >= 15 is 0 Å². The van der Waals surface area contributed by atoms with Gasteiger partial charge in [0.15, 0.2) is 0 Å². The molecular formula is C17H17ClN2O5S. The van der Waals surface area contributed by atoms with Crippen LogP contribution in [0.2, 0.25) is 5.02 Å². The van der Waals surface area contributed by atoms with Gasteiger partial charge in [-0.3, -0.25) is 9.52 Å². The molecule has 0 aromatic heterocycles. The molecule has 3 rings (SSSR count). The number of fused-ring (bicyclic) bond motifs is 1. The Labute approximate surface area is 156 Å². The molecule has 0 fully saturated rings. The maximum Gasteiger partial charge on any atom is 0.229 e. The van der Waals surface area contributed by atoms with Crippen molar-refractivity contribution in [1.82, 2.24) is 0 Å². The van der Waals surface area contributed by atoms with Crippen LogP contribution in [0.5, 0.6) is 11.5 Å². The smallest absolute Gasteiger partial charge is 0.229 e. The van der Waals surface area contributed by atoms with Crippen LogP contribution in [0.3, 0.4) is 0 Å². The first-order chi connectivity index (χ1) is 12.2. The van der Waals surface area contributed by atoms with E-state index in [4.69, 9.17) is 16.3 Å². The van der Waals surface area contributed by atoms with Gasteiger partial charge in [-0.05, 0) is 35.4 Å². The van der Waals surface area contributed by atoms with Gasteiger partial charge in [0.1, 0.15) is 11.5 Å². The van der Waals surface area contributed by atoms with E-state index in [0.29, 0.717) is 22.0 Å². The van der Waals surface area contributed by atoms with Gasteiger partial charge in [-0.1, -0.05) is 17.7 Å². The normalized spacial score (nSPS) is 16.6. The fourth-order valence-electron chi connectivity index (χ4n) is 3.01. The Hall–Kier alpha value is -2.45. The van der Waals surface area contributed by atoms with Crippen LogP contribution in [0.15, 0.2) is 30.3 Å². The maximum atomic E-state index is 12.2. The first kappa shape index (κ1) is 18.3. The second kappa shape index (κ2) is 6.69. The Morgan fingerprint density at radius 2 is 2.00 bits per heavy atom. The molecule has 2 aromatic rings. The van der Waals surface area contributed by atoms with Crippen LogP contribution in [-0.4, -0.2) is 32.8 Å². The second-order valence-corrected chi connectivity index (χ2v) is 8.18. The fraction of sp³-hybridized carbons (Fsp3) is 0.235. The van der Waals surface area contributed by atoms with Gasteiger partial charge in [-0.15, -0.1) is 0 Å². The minimum Gasteiger partial charge on any atom is -0.508 e. The number of anilines is 2. The number of methoxy groups -OCH3 is 1. The molecule has 0 aliphatic carbocycles. The summed E-state index contributed by atoms with van der Waals surface area (Å²) in [6.07, 6.45) is 1.20. The van der Waals surface area contributed by atoms with Crippen molar-refractivity contribution in [3.05, 3.63) is 46.5 Å². The van der Waals surface area contributed by atoms with Crippen LogP contribution in [0.4, 0.5) is 11.4 Å². The monoisotopic (exact) mass is 396 g/mol. The molecule has 1 aliphatic heterocycles. The van der Waals surface area contributed by atoms with E-state index < -0.39 is 10.0 Å². The molecule has 9 heteroatoms. The maximum absolute atomic E-state index is 12.2. The van der Waals surface area contributed by atoms with Crippen molar-refractivity contribution in [3.63, 3.8) is 0 Å². The first-order valence-corrected chi connectivity index (χ1v) is 9.93. The molecule has 26 heavy (non-hydrogen) atoms. The zero-order valence-corrected chi connectivity index (χ0v) is 15.6. The number of aromatic hydroxyl groups is 1. The zero-order valence-electron chi connectivity index (χ0n) is 14.0. The van der Waals surface area contributed by atoms with E-state index in [1.165, 1.54) is 25.3 Å². The number of hydrogen-bond donors (Lipinski definition) is 3.